The van der Waals surface area contributed by atoms with Gasteiger partial charge in [0.2, 0.25) is 17.0 Å². The van der Waals surface area contributed by atoms with Crippen molar-refractivity contribution in [2.24, 2.45) is 9.98 Å². The molecule has 3 aliphatic rings. The molecule has 0 aliphatic heterocycles. The van der Waals surface area contributed by atoms with Crippen LogP contribution in [0.15, 0.2) is 118 Å². The maximum Gasteiger partial charge on any atom is 0.334 e. The van der Waals surface area contributed by atoms with Crippen LogP contribution in [-0.2, 0) is 37.7 Å². The Balaban J connectivity index is 1.18. The molecule has 0 fully saturated rings. The van der Waals surface area contributed by atoms with Gasteiger partial charge in [0.25, 0.3) is 0 Å². The molecule has 3 aliphatic carbocycles. The second-order valence-electron chi connectivity index (χ2n) is 15.4. The first-order valence-electron chi connectivity index (χ1n) is 20.3. The van der Waals surface area contributed by atoms with Crippen molar-refractivity contribution in [3.8, 4) is 24.3 Å². The van der Waals surface area contributed by atoms with E-state index in [1.807, 2.05) is 0 Å². The molecular weight excluding hydrogens is 965 g/mol. The molecule has 70 heavy (non-hydrogen) atoms. The number of benzene rings is 4. The first kappa shape index (κ1) is 44.8. The highest BCUT2D eigenvalue weighted by atomic mass is 32.1. The van der Waals surface area contributed by atoms with Crippen molar-refractivity contribution in [3.63, 3.8) is 0 Å². The van der Waals surface area contributed by atoms with Crippen molar-refractivity contribution in [1.82, 2.24) is 0 Å². The normalized spacial score (nSPS) is 15.3. The van der Waals surface area contributed by atoms with Gasteiger partial charge in [0.05, 0.1) is 19.8 Å². The predicted molar refractivity (Wildman–Crippen MR) is 249 cm³/mol. The summed E-state index contributed by atoms with van der Waals surface area (Å²) >= 11 is 3.22. The lowest BCUT2D eigenvalue weighted by molar-refractivity contribution is -0.164. The molecule has 0 amide bonds. The smallest absolute Gasteiger partial charge is 0.334 e. The molecule has 12 nitrogen and oxygen atoms in total. The summed E-state index contributed by atoms with van der Waals surface area (Å²) < 4.78 is 72.1. The number of thiophene rings is 3. The predicted octanol–water partition coefficient (Wildman–Crippen LogP) is 10.7. The number of carbonyl (C=O) groups is 4. The third kappa shape index (κ3) is 6.95. The van der Waals surface area contributed by atoms with E-state index >= 15 is 9.59 Å². The monoisotopic (exact) mass is 984 g/mol. The number of aliphatic imine (C=N–C) groups is 2. The summed E-state index contributed by atoms with van der Waals surface area (Å²) in [6.07, 6.45) is 1.34. The van der Waals surface area contributed by atoms with Gasteiger partial charge in [0.1, 0.15) is 65.1 Å². The number of fused-ring (bicyclic) bond motifs is 7. The first-order chi connectivity index (χ1) is 33.8. The van der Waals surface area contributed by atoms with Crippen LogP contribution in [0.3, 0.4) is 0 Å². The number of halogens is 4. The zero-order valence-electron chi connectivity index (χ0n) is 35.0. The molecule has 7 aromatic rings. The minimum atomic E-state index is -2.65. The molecule has 0 saturated heterocycles. The number of Topliss-reactive ketones (excluding diaryl/α,β-unsaturated/α-hetero) is 2. The van der Waals surface area contributed by atoms with E-state index in [4.69, 9.17) is 9.47 Å². The number of hydrogen-bond acceptors (Lipinski definition) is 15. The molecule has 0 atom stereocenters. The summed E-state index contributed by atoms with van der Waals surface area (Å²) in [6.45, 7) is -0.719. The molecule has 0 N–H and O–H groups in total. The first-order valence-corrected chi connectivity index (χ1v) is 22.8. The SMILES string of the molecule is N#CC(C#N)=C1/C(=N/C2=Cc3sc4c(sc5cc(/N=C6\C(=O)c7cc(F)c(F)cc7C6=C(C#N)C#N)sc54)c3C2(C(=O)OCc2ccccc2)C(=O)OCc2ccccc2)C(=O)c2cc(F)c(F)cc21. The Morgan fingerprint density at radius 1 is 0.571 bits per heavy atom. The minimum Gasteiger partial charge on any atom is -0.459 e. The van der Waals surface area contributed by atoms with Gasteiger partial charge in [-0.3, -0.25) is 19.2 Å². The van der Waals surface area contributed by atoms with Crippen LogP contribution < -0.4 is 0 Å². The number of hydrogen-bond donors (Lipinski definition) is 0. The molecule has 3 heterocycles. The summed E-state index contributed by atoms with van der Waals surface area (Å²) in [5.74, 6) is -9.72. The molecule has 19 heteroatoms. The Labute approximate surface area is 403 Å². The van der Waals surface area contributed by atoms with Crippen molar-refractivity contribution >= 4 is 110 Å². The van der Waals surface area contributed by atoms with Crippen LogP contribution in [0.5, 0.6) is 0 Å². The fourth-order valence-electron chi connectivity index (χ4n) is 8.38. The lowest BCUT2D eigenvalue weighted by Crippen LogP contribution is -2.46. The number of rotatable bonds is 8. The molecule has 10 rings (SSSR count). The summed E-state index contributed by atoms with van der Waals surface area (Å²) in [4.78, 5) is 67.7. The van der Waals surface area contributed by atoms with Crippen molar-refractivity contribution in [3.05, 3.63) is 175 Å². The van der Waals surface area contributed by atoms with Gasteiger partial charge in [0.15, 0.2) is 23.3 Å². The maximum atomic E-state index is 15.2. The highest BCUT2D eigenvalue weighted by molar-refractivity contribution is 7.40. The second-order valence-corrected chi connectivity index (χ2v) is 18.6. The molecule has 0 saturated carbocycles. The molecule has 3 aromatic heterocycles. The van der Waals surface area contributed by atoms with Gasteiger partial charge >= 0.3 is 11.9 Å². The van der Waals surface area contributed by atoms with E-state index in [1.54, 1.807) is 91.0 Å². The molecule has 4 aromatic carbocycles. The topological polar surface area (TPSA) is 207 Å². The van der Waals surface area contributed by atoms with Crippen LogP contribution in [-0.4, -0.2) is 34.9 Å². The zero-order valence-corrected chi connectivity index (χ0v) is 37.5. The largest absolute Gasteiger partial charge is 0.459 e. The second kappa shape index (κ2) is 17.3. The van der Waals surface area contributed by atoms with Crippen LogP contribution in [0.4, 0.5) is 22.6 Å². The maximum absolute atomic E-state index is 15.2. The lowest BCUT2D eigenvalue weighted by atomic mass is 9.81. The zero-order chi connectivity index (χ0) is 49.2. The van der Waals surface area contributed by atoms with Crippen LogP contribution in [0.25, 0.3) is 36.0 Å². The third-order valence-corrected chi connectivity index (χ3v) is 15.3. The highest BCUT2D eigenvalue weighted by Crippen LogP contribution is 2.57. The summed E-state index contributed by atoms with van der Waals surface area (Å²) in [7, 11) is 0. The summed E-state index contributed by atoms with van der Waals surface area (Å²) in [5, 5.41) is 39.8. The van der Waals surface area contributed by atoms with Crippen LogP contribution in [0.2, 0.25) is 0 Å². The molecule has 0 radical (unpaired) electrons. The molecule has 0 unspecified atom stereocenters. The lowest BCUT2D eigenvalue weighted by Gasteiger charge is -2.27. The Morgan fingerprint density at radius 2 is 1.03 bits per heavy atom. The van der Waals surface area contributed by atoms with Crippen LogP contribution >= 0.6 is 34.0 Å². The number of allylic oxidation sites excluding steroid dienone is 4. The van der Waals surface area contributed by atoms with Crippen molar-refractivity contribution in [2.45, 2.75) is 18.6 Å². The number of nitrogens with zero attached hydrogens (tertiary/aromatic N) is 6. The van der Waals surface area contributed by atoms with Gasteiger partial charge in [-0.25, -0.2) is 27.5 Å². The van der Waals surface area contributed by atoms with E-state index in [1.165, 1.54) is 6.08 Å². The van der Waals surface area contributed by atoms with Crippen molar-refractivity contribution < 1.29 is 46.2 Å². The fraction of sp³-hybridized carbons (Fsp3) is 0.0588. The third-order valence-electron chi connectivity index (χ3n) is 11.5. The Hall–Kier alpha value is -8.98. The van der Waals surface area contributed by atoms with Crippen LogP contribution in [0.1, 0.15) is 53.4 Å². The molecule has 0 spiro atoms. The van der Waals surface area contributed by atoms with Gasteiger partial charge in [-0.15, -0.1) is 34.0 Å². The molecule has 0 bridgehead atoms. The van der Waals surface area contributed by atoms with Gasteiger partial charge in [0, 0.05) is 48.5 Å². The van der Waals surface area contributed by atoms with Gasteiger partial charge in [-0.1, -0.05) is 60.7 Å². The number of ketones is 2. The Bertz CT molecular complexity index is 3820. The highest BCUT2D eigenvalue weighted by Gasteiger charge is 2.60. The average Bonchev–Trinajstić information content (AvgIpc) is 4.18. The number of ether oxygens (including phenoxy) is 2. The van der Waals surface area contributed by atoms with Gasteiger partial charge in [-0.05, 0) is 47.5 Å². The molecule has 336 valence electrons. The minimum absolute atomic E-state index is 0.0407. The average molecular weight is 985 g/mol. The van der Waals surface area contributed by atoms with E-state index in [0.29, 0.717) is 48.1 Å². The number of nitriles is 4. The van der Waals surface area contributed by atoms with Gasteiger partial charge in [-0.2, -0.15) is 21.0 Å². The van der Waals surface area contributed by atoms with E-state index in [9.17, 15) is 48.2 Å². The standard InChI is InChI=1S/C51H20F4N6O6S3/c52-31-11-27-29(13-33(31)54)44(62)42(39(27)25(17-56)18-57)60-37-15-35-41(51(37,49(64)66-21-23-7-3-1-4-8-23)50(65)67-22-24-9-5-2-6-10-24)47-48(68-35)46-36(69-47)16-38(70-46)61-43-40(26(19-58)20-59)28-12-32(53)34(55)14-30(28)45(43)63/h1-16H,21-22H2/b60-42-,61-43-. The molecular formula is C51H20F4N6O6S3. The quantitative estimate of drug-likeness (QED) is 0.0609. The van der Waals surface area contributed by atoms with E-state index in [-0.39, 0.29) is 50.9 Å². The Morgan fingerprint density at radius 3 is 1.50 bits per heavy atom. The van der Waals surface area contributed by atoms with Crippen molar-refractivity contribution in [1.29, 1.82) is 21.0 Å². The van der Waals surface area contributed by atoms with Crippen LogP contribution in [0, 0.1) is 68.6 Å². The van der Waals surface area contributed by atoms with Gasteiger partial charge < -0.3 is 9.47 Å². The van der Waals surface area contributed by atoms with E-state index in [2.05, 4.69) is 9.98 Å². The fourth-order valence-corrected chi connectivity index (χ4v) is 12.6. The van der Waals surface area contributed by atoms with E-state index in [0.717, 1.165) is 40.1 Å². The summed E-state index contributed by atoms with van der Waals surface area (Å²) in [5.41, 5.74) is -6.29. The number of esters is 2. The van der Waals surface area contributed by atoms with E-state index < -0.39 is 91.6 Å². The summed E-state index contributed by atoms with van der Waals surface area (Å²) in [6, 6.07) is 27.9. The Kier molecular flexibility index (Phi) is 11.1. The van der Waals surface area contributed by atoms with Crippen molar-refractivity contribution in [2.75, 3.05) is 0 Å². The number of carbonyl (C=O) groups excluding carboxylic acids is 4.